The summed E-state index contributed by atoms with van der Waals surface area (Å²) in [7, 11) is 0. The third-order valence-corrected chi connectivity index (χ3v) is 4.70. The molecule has 1 aromatic heterocycles. The van der Waals surface area contributed by atoms with Crippen LogP contribution in [0.15, 0.2) is 35.7 Å². The molecule has 1 aromatic carbocycles. The van der Waals surface area contributed by atoms with E-state index >= 15 is 0 Å². The molecular weight excluding hydrogens is 274 g/mol. The average molecular weight is 294 g/mol. The van der Waals surface area contributed by atoms with Gasteiger partial charge in [0.25, 0.3) is 0 Å². The van der Waals surface area contributed by atoms with Crippen LogP contribution in [0.3, 0.4) is 0 Å². The Morgan fingerprint density at radius 1 is 1.26 bits per heavy atom. The first-order valence-electron chi connectivity index (χ1n) is 6.60. The highest BCUT2D eigenvalue weighted by atomic mass is 35.5. The Morgan fingerprint density at radius 2 is 2.05 bits per heavy atom. The molecule has 0 saturated carbocycles. The Labute approximate surface area is 124 Å². The second kappa shape index (κ2) is 6.56. The standard InChI is InChI=1S/C16H20ClNS/c1-11-7-8-19-16(11)13(3)18-12(2)9-14-5-4-6-15(17)10-14/h4-8,10,12-13,18H,9H2,1-3H3. The molecule has 19 heavy (non-hydrogen) atoms. The number of rotatable bonds is 5. The molecule has 0 aliphatic rings. The molecular formula is C16H20ClNS. The molecule has 2 unspecified atom stereocenters. The molecule has 1 N–H and O–H groups in total. The molecule has 0 amide bonds. The summed E-state index contributed by atoms with van der Waals surface area (Å²) in [4.78, 5) is 1.43. The van der Waals surface area contributed by atoms with Gasteiger partial charge in [0.15, 0.2) is 0 Å². The minimum Gasteiger partial charge on any atom is -0.307 e. The van der Waals surface area contributed by atoms with E-state index in [4.69, 9.17) is 11.6 Å². The van der Waals surface area contributed by atoms with Crippen LogP contribution in [-0.2, 0) is 6.42 Å². The Morgan fingerprint density at radius 3 is 2.68 bits per heavy atom. The monoisotopic (exact) mass is 293 g/mol. The van der Waals surface area contributed by atoms with Gasteiger partial charge in [-0.3, -0.25) is 0 Å². The summed E-state index contributed by atoms with van der Waals surface area (Å²) < 4.78 is 0. The van der Waals surface area contributed by atoms with Crippen molar-refractivity contribution in [1.29, 1.82) is 0 Å². The molecule has 0 saturated heterocycles. The van der Waals surface area contributed by atoms with Crippen LogP contribution >= 0.6 is 22.9 Å². The first-order valence-corrected chi connectivity index (χ1v) is 7.86. The van der Waals surface area contributed by atoms with Crippen LogP contribution in [0.5, 0.6) is 0 Å². The number of hydrogen-bond acceptors (Lipinski definition) is 2. The summed E-state index contributed by atoms with van der Waals surface area (Å²) in [6, 6.07) is 11.1. The van der Waals surface area contributed by atoms with Crippen LogP contribution in [0.4, 0.5) is 0 Å². The van der Waals surface area contributed by atoms with Crippen molar-refractivity contribution >= 4 is 22.9 Å². The van der Waals surface area contributed by atoms with Crippen molar-refractivity contribution in [3.05, 3.63) is 56.7 Å². The van der Waals surface area contributed by atoms with Crippen LogP contribution in [0.1, 0.15) is 35.9 Å². The molecule has 0 aliphatic carbocycles. The van der Waals surface area contributed by atoms with Gasteiger partial charge in [-0.05, 0) is 61.9 Å². The maximum Gasteiger partial charge on any atom is 0.0408 e. The number of thiophene rings is 1. The highest BCUT2D eigenvalue weighted by Crippen LogP contribution is 2.24. The van der Waals surface area contributed by atoms with Gasteiger partial charge >= 0.3 is 0 Å². The van der Waals surface area contributed by atoms with E-state index in [-0.39, 0.29) is 0 Å². The first-order chi connectivity index (χ1) is 9.06. The van der Waals surface area contributed by atoms with E-state index in [0.717, 1.165) is 11.4 Å². The number of nitrogens with one attached hydrogen (secondary N) is 1. The fourth-order valence-electron chi connectivity index (χ4n) is 2.41. The predicted octanol–water partition coefficient (Wildman–Crippen LogP) is 4.99. The van der Waals surface area contributed by atoms with E-state index in [1.54, 1.807) is 0 Å². The van der Waals surface area contributed by atoms with Gasteiger partial charge in [0.1, 0.15) is 0 Å². The molecule has 3 heteroatoms. The molecule has 1 heterocycles. The number of halogens is 1. The first kappa shape index (κ1) is 14.6. The van der Waals surface area contributed by atoms with Crippen LogP contribution < -0.4 is 5.32 Å². The van der Waals surface area contributed by atoms with E-state index < -0.39 is 0 Å². The van der Waals surface area contributed by atoms with Gasteiger partial charge in [0.05, 0.1) is 0 Å². The Balaban J connectivity index is 1.94. The van der Waals surface area contributed by atoms with Crippen molar-refractivity contribution in [3.63, 3.8) is 0 Å². The Kier molecular flexibility index (Phi) is 5.03. The van der Waals surface area contributed by atoms with E-state index in [9.17, 15) is 0 Å². The molecule has 0 aliphatic heterocycles. The van der Waals surface area contributed by atoms with Crippen molar-refractivity contribution in [3.8, 4) is 0 Å². The fourth-order valence-corrected chi connectivity index (χ4v) is 3.56. The Hall–Kier alpha value is -0.830. The average Bonchev–Trinajstić information content (AvgIpc) is 2.75. The van der Waals surface area contributed by atoms with E-state index in [1.807, 2.05) is 29.5 Å². The van der Waals surface area contributed by atoms with E-state index in [2.05, 4.69) is 43.6 Å². The molecule has 102 valence electrons. The van der Waals surface area contributed by atoms with Crippen LogP contribution in [-0.4, -0.2) is 6.04 Å². The molecule has 2 rings (SSSR count). The zero-order valence-corrected chi connectivity index (χ0v) is 13.2. The predicted molar refractivity (Wildman–Crippen MR) is 85.2 cm³/mol. The van der Waals surface area contributed by atoms with Gasteiger partial charge in [-0.2, -0.15) is 0 Å². The second-order valence-electron chi connectivity index (χ2n) is 5.09. The van der Waals surface area contributed by atoms with E-state index in [0.29, 0.717) is 12.1 Å². The van der Waals surface area contributed by atoms with Crippen LogP contribution in [0.2, 0.25) is 5.02 Å². The third kappa shape index (κ3) is 4.07. The van der Waals surface area contributed by atoms with Gasteiger partial charge in [0.2, 0.25) is 0 Å². The third-order valence-electron chi connectivity index (χ3n) is 3.26. The highest BCUT2D eigenvalue weighted by molar-refractivity contribution is 7.10. The minimum absolute atomic E-state index is 0.397. The van der Waals surface area contributed by atoms with Crippen LogP contribution in [0, 0.1) is 6.92 Å². The summed E-state index contributed by atoms with van der Waals surface area (Å²) in [5.74, 6) is 0. The normalized spacial score (nSPS) is 14.3. The summed E-state index contributed by atoms with van der Waals surface area (Å²) in [5, 5.41) is 6.63. The van der Waals surface area contributed by atoms with Gasteiger partial charge in [0, 0.05) is 22.0 Å². The van der Waals surface area contributed by atoms with Gasteiger partial charge < -0.3 is 5.32 Å². The summed E-state index contributed by atoms with van der Waals surface area (Å²) in [5.41, 5.74) is 2.66. The van der Waals surface area contributed by atoms with Crippen LogP contribution in [0.25, 0.3) is 0 Å². The summed E-state index contributed by atoms with van der Waals surface area (Å²) in [6.45, 7) is 6.62. The SMILES string of the molecule is Cc1ccsc1C(C)NC(C)Cc1cccc(Cl)c1. The molecule has 2 atom stereocenters. The van der Waals surface area contributed by atoms with Gasteiger partial charge in [-0.1, -0.05) is 23.7 Å². The molecule has 1 nitrogen and oxygen atoms in total. The van der Waals surface area contributed by atoms with Crippen molar-refractivity contribution in [2.45, 2.75) is 39.3 Å². The molecule has 0 bridgehead atoms. The lowest BCUT2D eigenvalue weighted by Crippen LogP contribution is -2.30. The zero-order chi connectivity index (χ0) is 13.8. The van der Waals surface area contributed by atoms with Crippen molar-refractivity contribution < 1.29 is 0 Å². The number of hydrogen-bond donors (Lipinski definition) is 1. The van der Waals surface area contributed by atoms with Crippen molar-refractivity contribution in [2.75, 3.05) is 0 Å². The maximum absolute atomic E-state index is 6.02. The topological polar surface area (TPSA) is 12.0 Å². The fraction of sp³-hybridized carbons (Fsp3) is 0.375. The summed E-state index contributed by atoms with van der Waals surface area (Å²) >= 11 is 7.84. The van der Waals surface area contributed by atoms with Gasteiger partial charge in [-0.25, -0.2) is 0 Å². The van der Waals surface area contributed by atoms with Crippen molar-refractivity contribution in [1.82, 2.24) is 5.32 Å². The number of aryl methyl sites for hydroxylation is 1. The molecule has 0 radical (unpaired) electrons. The maximum atomic E-state index is 6.02. The Bertz CT molecular complexity index is 535. The summed E-state index contributed by atoms with van der Waals surface area (Å²) in [6.07, 6.45) is 0.995. The molecule has 2 aromatic rings. The smallest absolute Gasteiger partial charge is 0.0408 e. The zero-order valence-electron chi connectivity index (χ0n) is 11.6. The highest BCUT2D eigenvalue weighted by Gasteiger charge is 2.13. The molecule has 0 fully saturated rings. The van der Waals surface area contributed by atoms with E-state index in [1.165, 1.54) is 16.0 Å². The number of benzene rings is 1. The van der Waals surface area contributed by atoms with Gasteiger partial charge in [-0.15, -0.1) is 11.3 Å². The molecule has 0 spiro atoms. The minimum atomic E-state index is 0.397. The lowest BCUT2D eigenvalue weighted by molar-refractivity contribution is 0.481. The van der Waals surface area contributed by atoms with Crippen molar-refractivity contribution in [2.24, 2.45) is 0 Å². The lowest BCUT2D eigenvalue weighted by Gasteiger charge is -2.20. The second-order valence-corrected chi connectivity index (χ2v) is 6.48. The lowest BCUT2D eigenvalue weighted by atomic mass is 10.1. The quantitative estimate of drug-likeness (QED) is 0.819. The largest absolute Gasteiger partial charge is 0.307 e.